The van der Waals surface area contributed by atoms with Gasteiger partial charge in [-0.15, -0.1) is 11.6 Å². The van der Waals surface area contributed by atoms with Gasteiger partial charge < -0.3 is 16.8 Å². The van der Waals surface area contributed by atoms with Gasteiger partial charge in [0.25, 0.3) is 0 Å². The summed E-state index contributed by atoms with van der Waals surface area (Å²) in [7, 11) is 0. The molecule has 0 aromatic heterocycles. The number of carbonyl (C=O) groups excluding carboxylic acids is 2. The number of amides is 2. The summed E-state index contributed by atoms with van der Waals surface area (Å²) in [4.78, 5) is 21.6. The zero-order valence-corrected chi connectivity index (χ0v) is 10.0. The van der Waals surface area contributed by atoms with Crippen molar-refractivity contribution in [2.24, 2.45) is 11.5 Å². The van der Waals surface area contributed by atoms with E-state index in [1.807, 2.05) is 0 Å². The Morgan fingerprint density at radius 2 is 2.12 bits per heavy atom. The predicted molar refractivity (Wildman–Crippen MR) is 65.6 cm³/mol. The van der Waals surface area contributed by atoms with Crippen LogP contribution in [0.3, 0.4) is 0 Å². The molecule has 0 aliphatic carbocycles. The molecule has 0 bridgehead atoms. The van der Waals surface area contributed by atoms with Gasteiger partial charge in [-0.25, -0.2) is 0 Å². The fourth-order valence-electron chi connectivity index (χ4n) is 0.648. The van der Waals surface area contributed by atoms with Crippen LogP contribution in [-0.4, -0.2) is 28.7 Å². The van der Waals surface area contributed by atoms with E-state index in [4.69, 9.17) is 23.1 Å². The van der Waals surface area contributed by atoms with Crippen LogP contribution in [0, 0.1) is 11.8 Å². The minimum Gasteiger partial charge on any atom is -0.368 e. The molecule has 0 aliphatic rings. The summed E-state index contributed by atoms with van der Waals surface area (Å²) in [6, 6.07) is -1.18. The van der Waals surface area contributed by atoms with Crippen LogP contribution < -0.4 is 16.8 Å². The van der Waals surface area contributed by atoms with Crippen molar-refractivity contribution in [2.45, 2.75) is 18.9 Å². The van der Waals surface area contributed by atoms with Crippen molar-refractivity contribution < 1.29 is 9.59 Å². The summed E-state index contributed by atoms with van der Waals surface area (Å²) in [6.07, 6.45) is 1.22. The minimum atomic E-state index is -1.18. The number of hydrogen-bond donors (Lipinski definition) is 3. The predicted octanol–water partition coefficient (Wildman–Crippen LogP) is -0.735. The average Bonchev–Trinajstić information content (AvgIpc) is 2.23. The molecule has 5 nitrogen and oxygen atoms in total. The first kappa shape index (κ1) is 14.8. The second-order valence-corrected chi connectivity index (χ2v) is 3.61. The lowest BCUT2D eigenvalue weighted by molar-refractivity contribution is -0.117. The van der Waals surface area contributed by atoms with Crippen LogP contribution in [-0.2, 0) is 9.59 Å². The first-order chi connectivity index (χ1) is 7.49. The topological polar surface area (TPSA) is 98.2 Å². The first-order valence-electron chi connectivity index (χ1n) is 4.43. The van der Waals surface area contributed by atoms with Crippen LogP contribution in [0.4, 0.5) is 0 Å². The average molecular weight is 262 g/mol. The van der Waals surface area contributed by atoms with Crippen LogP contribution in [0.1, 0.15) is 12.8 Å². The van der Waals surface area contributed by atoms with Crippen molar-refractivity contribution in [2.75, 3.05) is 5.88 Å². The molecule has 0 radical (unpaired) electrons. The van der Waals surface area contributed by atoms with Crippen molar-refractivity contribution in [1.82, 2.24) is 5.32 Å². The van der Waals surface area contributed by atoms with Gasteiger partial charge in [-0.2, -0.15) is 0 Å². The van der Waals surface area contributed by atoms with E-state index < -0.39 is 17.9 Å². The number of halogens is 1. The molecule has 2 amide bonds. The number of thiocarbonyl (C=S) groups is 1. The number of alkyl halides is 1. The van der Waals surface area contributed by atoms with E-state index >= 15 is 0 Å². The summed E-state index contributed by atoms with van der Waals surface area (Å²) in [5.41, 5.74) is 10.2. The van der Waals surface area contributed by atoms with Gasteiger partial charge in [0, 0.05) is 12.3 Å². The van der Waals surface area contributed by atoms with Gasteiger partial charge in [-0.3, -0.25) is 9.59 Å². The van der Waals surface area contributed by atoms with E-state index in [0.29, 0.717) is 18.7 Å². The largest absolute Gasteiger partial charge is 0.368 e. The van der Waals surface area contributed by atoms with E-state index in [9.17, 15) is 9.59 Å². The van der Waals surface area contributed by atoms with E-state index in [0.717, 1.165) is 0 Å². The maximum atomic E-state index is 11.1. The molecule has 0 rings (SSSR count). The highest BCUT2D eigenvalue weighted by atomic mass is 35.5. The third-order valence-electron chi connectivity index (χ3n) is 1.46. The maximum absolute atomic E-state index is 11.1. The molecule has 0 aromatic carbocycles. The number of nitrogens with two attached hydrogens (primary N) is 2. The molecule has 7 heteroatoms. The molecule has 1 unspecified atom stereocenters. The van der Waals surface area contributed by atoms with Crippen LogP contribution in [0.5, 0.6) is 0 Å². The highest BCUT2D eigenvalue weighted by molar-refractivity contribution is 7.80. The van der Waals surface area contributed by atoms with Crippen molar-refractivity contribution in [1.29, 1.82) is 0 Å². The number of carbonyl (C=O) groups is 2. The van der Waals surface area contributed by atoms with Crippen LogP contribution in [0.25, 0.3) is 0 Å². The number of unbranched alkanes of at least 4 members (excludes halogenated alkanes) is 1. The van der Waals surface area contributed by atoms with Gasteiger partial charge in [-0.05, 0) is 12.3 Å². The summed E-state index contributed by atoms with van der Waals surface area (Å²) >= 11 is 10.1. The molecular formula is C9H12ClN3O2S. The maximum Gasteiger partial charge on any atom is 0.300 e. The number of primary amides is 1. The highest BCUT2D eigenvalue weighted by Crippen LogP contribution is 1.88. The lowest BCUT2D eigenvalue weighted by Gasteiger charge is -2.07. The molecule has 0 spiro atoms. The van der Waals surface area contributed by atoms with Gasteiger partial charge in [0.2, 0.25) is 5.91 Å². The summed E-state index contributed by atoms with van der Waals surface area (Å²) in [6.45, 7) is 0. The Hall–Kier alpha value is -1.16. The third-order valence-corrected chi connectivity index (χ3v) is 2.09. The molecule has 0 heterocycles. The quantitative estimate of drug-likeness (QED) is 0.269. The molecule has 0 saturated heterocycles. The Labute approximate surface area is 104 Å². The molecule has 1 atom stereocenters. The normalized spacial score (nSPS) is 10.9. The van der Waals surface area contributed by atoms with Crippen LogP contribution >= 0.6 is 23.8 Å². The molecule has 0 saturated carbocycles. The third kappa shape index (κ3) is 6.35. The minimum absolute atomic E-state index is 0.135. The van der Waals surface area contributed by atoms with E-state index in [1.165, 1.54) is 0 Å². The Morgan fingerprint density at radius 3 is 2.62 bits per heavy atom. The van der Waals surface area contributed by atoms with E-state index in [-0.39, 0.29) is 4.99 Å². The standard InChI is InChI=1S/C9H12ClN3O2S/c10-5-3-1-2-4-6(14)13-9(16)7(11)8(12)15/h7H,1,3,5,11H2,(H2,12,15)(H,13,14,16). The van der Waals surface area contributed by atoms with Gasteiger partial charge in [0.15, 0.2) is 0 Å². The monoisotopic (exact) mass is 261 g/mol. The van der Waals surface area contributed by atoms with Crippen molar-refractivity contribution in [3.8, 4) is 11.8 Å². The molecular weight excluding hydrogens is 250 g/mol. The molecule has 88 valence electrons. The zero-order chi connectivity index (χ0) is 12.6. The van der Waals surface area contributed by atoms with E-state index in [1.54, 1.807) is 0 Å². The second-order valence-electron chi connectivity index (χ2n) is 2.79. The first-order valence-corrected chi connectivity index (χ1v) is 5.38. The van der Waals surface area contributed by atoms with Crippen LogP contribution in [0.15, 0.2) is 0 Å². The second kappa shape index (κ2) is 8.05. The number of rotatable bonds is 4. The lowest BCUT2D eigenvalue weighted by Crippen LogP contribution is -2.49. The number of nitrogens with one attached hydrogen (secondary N) is 1. The zero-order valence-electron chi connectivity index (χ0n) is 8.46. The van der Waals surface area contributed by atoms with Gasteiger partial charge in [0.1, 0.15) is 11.0 Å². The highest BCUT2D eigenvalue weighted by Gasteiger charge is 2.16. The molecule has 0 fully saturated rings. The number of hydrogen-bond acceptors (Lipinski definition) is 4. The Balaban J connectivity index is 4.08. The summed E-state index contributed by atoms with van der Waals surface area (Å²) in [5.74, 6) is 3.95. The summed E-state index contributed by atoms with van der Waals surface area (Å²) in [5, 5.41) is 2.20. The summed E-state index contributed by atoms with van der Waals surface area (Å²) < 4.78 is 0. The molecule has 5 N–H and O–H groups in total. The Bertz CT molecular complexity index is 348. The fourth-order valence-corrected chi connectivity index (χ4v) is 0.991. The van der Waals surface area contributed by atoms with Gasteiger partial charge in [-0.1, -0.05) is 18.1 Å². The molecule has 0 aliphatic heterocycles. The van der Waals surface area contributed by atoms with Gasteiger partial charge >= 0.3 is 5.91 Å². The Kier molecular flexibility index (Phi) is 7.46. The van der Waals surface area contributed by atoms with Crippen molar-refractivity contribution >= 4 is 40.6 Å². The Morgan fingerprint density at radius 1 is 1.50 bits per heavy atom. The smallest absolute Gasteiger partial charge is 0.300 e. The lowest BCUT2D eigenvalue weighted by atomic mass is 10.3. The van der Waals surface area contributed by atoms with Crippen molar-refractivity contribution in [3.05, 3.63) is 0 Å². The molecule has 0 aromatic rings. The van der Waals surface area contributed by atoms with E-state index in [2.05, 4.69) is 29.4 Å². The van der Waals surface area contributed by atoms with Crippen LogP contribution in [0.2, 0.25) is 0 Å². The van der Waals surface area contributed by atoms with Gasteiger partial charge in [0.05, 0.1) is 0 Å². The van der Waals surface area contributed by atoms with Crippen molar-refractivity contribution in [3.63, 3.8) is 0 Å². The fraction of sp³-hybridized carbons (Fsp3) is 0.444. The SMILES string of the molecule is NC(=O)C(N)C(=S)NC(=O)C#CCCCCl. The molecule has 16 heavy (non-hydrogen) atoms.